The molecule has 0 bridgehead atoms. The molecule has 3 aromatic rings. The van der Waals surface area contributed by atoms with E-state index >= 15 is 0 Å². The summed E-state index contributed by atoms with van der Waals surface area (Å²) in [7, 11) is 1.29. The van der Waals surface area contributed by atoms with Crippen LogP contribution in [0.1, 0.15) is 17.3 Å². The number of phenols is 1. The van der Waals surface area contributed by atoms with E-state index in [9.17, 15) is 14.7 Å². The van der Waals surface area contributed by atoms with Crippen LogP contribution in [-0.4, -0.2) is 35.7 Å². The number of carbonyl (C=O) groups is 2. The summed E-state index contributed by atoms with van der Waals surface area (Å²) < 4.78 is 5.92. The number of urea groups is 1. The molecule has 0 saturated carbocycles. The van der Waals surface area contributed by atoms with Crippen molar-refractivity contribution < 1.29 is 24.3 Å². The Labute approximate surface area is 176 Å². The van der Waals surface area contributed by atoms with Crippen LogP contribution in [0.5, 0.6) is 17.2 Å². The van der Waals surface area contributed by atoms with Gasteiger partial charge in [0.05, 0.1) is 28.9 Å². The Morgan fingerprint density at radius 3 is 2.70 bits per heavy atom. The molecule has 0 unspecified atom stereocenters. The number of nitrogens with one attached hydrogen (secondary N) is 3. The van der Waals surface area contributed by atoms with Crippen molar-refractivity contribution in [1.29, 1.82) is 0 Å². The third-order valence-corrected chi connectivity index (χ3v) is 4.32. The minimum absolute atomic E-state index is 0.00159. The molecule has 1 aromatic heterocycles. The number of hydrogen-bond donors (Lipinski definition) is 4. The largest absolute Gasteiger partial charge is 0.507 e. The number of fused-ring (bicyclic) bond motifs is 1. The molecule has 3 amide bonds. The second kappa shape index (κ2) is 9.29. The van der Waals surface area contributed by atoms with Crippen molar-refractivity contribution in [2.45, 2.75) is 6.92 Å². The van der Waals surface area contributed by atoms with E-state index in [0.29, 0.717) is 34.6 Å². The van der Waals surface area contributed by atoms with Crippen LogP contribution in [0.25, 0.3) is 10.9 Å². The summed E-state index contributed by atoms with van der Waals surface area (Å²) in [4.78, 5) is 32.5. The van der Waals surface area contributed by atoms with Gasteiger partial charge in [0.25, 0.3) is 5.91 Å². The fourth-order valence-corrected chi connectivity index (χ4v) is 2.91. The number of aromatic hydroxyl groups is 1. The van der Waals surface area contributed by atoms with Crippen LogP contribution in [0.15, 0.2) is 42.6 Å². The van der Waals surface area contributed by atoms with Gasteiger partial charge in [0, 0.05) is 30.3 Å². The van der Waals surface area contributed by atoms with Gasteiger partial charge in [-0.25, -0.2) is 10.3 Å². The highest BCUT2D eigenvalue weighted by Gasteiger charge is 2.16. The average Bonchev–Trinajstić information content (AvgIpc) is 2.70. The molecular formula is C20H19ClN4O5. The summed E-state index contributed by atoms with van der Waals surface area (Å²) in [5.41, 5.74) is 3.02. The lowest BCUT2D eigenvalue weighted by Gasteiger charge is -2.13. The predicted molar refractivity (Wildman–Crippen MR) is 112 cm³/mol. The predicted octanol–water partition coefficient (Wildman–Crippen LogP) is 3.82. The lowest BCUT2D eigenvalue weighted by molar-refractivity contribution is 0.0535. The molecule has 0 saturated heterocycles. The number of rotatable bonds is 6. The van der Waals surface area contributed by atoms with E-state index in [0.717, 1.165) is 0 Å². The summed E-state index contributed by atoms with van der Waals surface area (Å²) in [5.74, 6) is -0.0575. The van der Waals surface area contributed by atoms with Gasteiger partial charge in [-0.2, -0.15) is 0 Å². The van der Waals surface area contributed by atoms with Crippen LogP contribution in [0.2, 0.25) is 5.02 Å². The molecule has 0 fully saturated rings. The number of halogens is 1. The highest BCUT2D eigenvalue weighted by molar-refractivity contribution is 6.33. The molecule has 0 atom stereocenters. The van der Waals surface area contributed by atoms with Gasteiger partial charge in [-0.3, -0.25) is 14.6 Å². The molecule has 9 nitrogen and oxygen atoms in total. The van der Waals surface area contributed by atoms with Gasteiger partial charge in [0.2, 0.25) is 0 Å². The quantitative estimate of drug-likeness (QED) is 0.441. The van der Waals surface area contributed by atoms with Gasteiger partial charge in [-0.05, 0) is 31.2 Å². The number of carbonyl (C=O) groups excluding carboxylic acids is 2. The highest BCUT2D eigenvalue weighted by Crippen LogP contribution is 2.35. The molecule has 0 aliphatic carbocycles. The first-order valence-electron chi connectivity index (χ1n) is 8.90. The summed E-state index contributed by atoms with van der Waals surface area (Å²) in [6.07, 6.45) is 1.51. The van der Waals surface area contributed by atoms with E-state index < -0.39 is 5.91 Å². The standard InChI is InChI=1S/C20H19ClN4O5/c1-3-22-20(28)24-15-5-4-11(8-14(15)21)30-18-6-7-23-16-10-17(26)13(9-12(16)18)19(27)25-29-2/h4-10,26H,3H2,1-2H3,(H,25,27)(H2,22,24,28). The molecule has 4 N–H and O–H groups in total. The van der Waals surface area contributed by atoms with Crippen LogP contribution in [0, 0.1) is 0 Å². The Bertz CT molecular complexity index is 1110. The van der Waals surface area contributed by atoms with E-state index in [1.165, 1.54) is 25.4 Å². The second-order valence-electron chi connectivity index (χ2n) is 6.06. The molecular weight excluding hydrogens is 412 g/mol. The smallest absolute Gasteiger partial charge is 0.319 e. The zero-order chi connectivity index (χ0) is 21.7. The van der Waals surface area contributed by atoms with Crippen molar-refractivity contribution in [2.24, 2.45) is 0 Å². The van der Waals surface area contributed by atoms with Crippen molar-refractivity contribution in [3.8, 4) is 17.2 Å². The van der Waals surface area contributed by atoms with Crippen molar-refractivity contribution in [2.75, 3.05) is 19.0 Å². The van der Waals surface area contributed by atoms with Gasteiger partial charge in [-0.15, -0.1) is 0 Å². The third kappa shape index (κ3) is 4.70. The number of phenolic OH excluding ortho intramolecular Hbond substituents is 1. The Balaban J connectivity index is 1.92. The van der Waals surface area contributed by atoms with Gasteiger partial charge < -0.3 is 20.5 Å². The van der Waals surface area contributed by atoms with Crippen LogP contribution in [-0.2, 0) is 4.84 Å². The number of amides is 3. The maximum absolute atomic E-state index is 12.1. The average molecular weight is 431 g/mol. The van der Waals surface area contributed by atoms with Crippen LogP contribution in [0.3, 0.4) is 0 Å². The van der Waals surface area contributed by atoms with E-state index in [-0.39, 0.29) is 22.4 Å². The molecule has 0 aliphatic heterocycles. The molecule has 1 heterocycles. The van der Waals surface area contributed by atoms with Crippen molar-refractivity contribution >= 4 is 40.1 Å². The number of anilines is 1. The first kappa shape index (κ1) is 21.2. The summed E-state index contributed by atoms with van der Waals surface area (Å²) in [5, 5.41) is 16.1. The number of ether oxygens (including phenoxy) is 1. The fourth-order valence-electron chi connectivity index (χ4n) is 2.69. The highest BCUT2D eigenvalue weighted by atomic mass is 35.5. The molecule has 0 radical (unpaired) electrons. The number of nitrogens with zero attached hydrogens (tertiary/aromatic N) is 1. The maximum Gasteiger partial charge on any atom is 0.319 e. The minimum atomic E-state index is -0.615. The number of pyridine rings is 1. The Hall–Kier alpha value is -3.56. The lowest BCUT2D eigenvalue weighted by Crippen LogP contribution is -2.28. The van der Waals surface area contributed by atoms with E-state index in [4.69, 9.17) is 16.3 Å². The Morgan fingerprint density at radius 1 is 1.20 bits per heavy atom. The number of aromatic nitrogens is 1. The summed E-state index contributed by atoms with van der Waals surface area (Å²) >= 11 is 6.25. The monoisotopic (exact) mass is 430 g/mol. The summed E-state index contributed by atoms with van der Waals surface area (Å²) in [6, 6.07) is 8.86. The van der Waals surface area contributed by atoms with E-state index in [1.54, 1.807) is 31.2 Å². The van der Waals surface area contributed by atoms with Crippen molar-refractivity contribution in [1.82, 2.24) is 15.8 Å². The number of benzene rings is 2. The van der Waals surface area contributed by atoms with Gasteiger partial charge in [0.15, 0.2) is 0 Å². The molecule has 0 spiro atoms. The Morgan fingerprint density at radius 2 is 2.00 bits per heavy atom. The number of hydrogen-bond acceptors (Lipinski definition) is 6. The normalized spacial score (nSPS) is 10.5. The van der Waals surface area contributed by atoms with Crippen molar-refractivity contribution in [3.05, 3.63) is 53.2 Å². The minimum Gasteiger partial charge on any atom is -0.507 e. The molecule has 30 heavy (non-hydrogen) atoms. The first-order valence-corrected chi connectivity index (χ1v) is 9.28. The maximum atomic E-state index is 12.1. The number of hydroxylamine groups is 1. The summed E-state index contributed by atoms with van der Waals surface area (Å²) in [6.45, 7) is 2.29. The van der Waals surface area contributed by atoms with Gasteiger partial charge in [0.1, 0.15) is 17.2 Å². The van der Waals surface area contributed by atoms with Gasteiger partial charge in [-0.1, -0.05) is 11.6 Å². The first-order chi connectivity index (χ1) is 14.4. The fraction of sp³-hybridized carbons (Fsp3) is 0.150. The van der Waals surface area contributed by atoms with Gasteiger partial charge >= 0.3 is 6.03 Å². The SMILES string of the molecule is CCNC(=O)Nc1ccc(Oc2ccnc3cc(O)c(C(=O)NOC)cc23)cc1Cl. The van der Waals surface area contributed by atoms with Crippen LogP contribution < -0.4 is 20.9 Å². The second-order valence-corrected chi connectivity index (χ2v) is 6.47. The molecule has 2 aromatic carbocycles. The van der Waals surface area contributed by atoms with Crippen LogP contribution >= 0.6 is 11.6 Å². The lowest BCUT2D eigenvalue weighted by atomic mass is 10.1. The Kier molecular flexibility index (Phi) is 6.55. The molecule has 10 heteroatoms. The third-order valence-electron chi connectivity index (χ3n) is 4.01. The van der Waals surface area contributed by atoms with Crippen LogP contribution in [0.4, 0.5) is 10.5 Å². The van der Waals surface area contributed by atoms with E-state index in [2.05, 4.69) is 25.9 Å². The zero-order valence-corrected chi connectivity index (χ0v) is 16.9. The molecule has 0 aliphatic rings. The molecule has 3 rings (SSSR count). The van der Waals surface area contributed by atoms with Crippen molar-refractivity contribution in [3.63, 3.8) is 0 Å². The van der Waals surface area contributed by atoms with E-state index in [1.807, 2.05) is 0 Å². The molecule has 156 valence electrons. The topological polar surface area (TPSA) is 122 Å². The zero-order valence-electron chi connectivity index (χ0n) is 16.2.